The van der Waals surface area contributed by atoms with Crippen LogP contribution in [0.15, 0.2) is 30.6 Å². The molecular weight excluding hydrogens is 276 g/mol. The van der Waals surface area contributed by atoms with Gasteiger partial charge in [-0.1, -0.05) is 24.6 Å². The fraction of sp³-hybridized carbons (Fsp3) is 0.214. The van der Waals surface area contributed by atoms with Crippen LogP contribution in [-0.4, -0.2) is 19.6 Å². The third-order valence-corrected chi connectivity index (χ3v) is 3.23. The third-order valence-electron chi connectivity index (χ3n) is 2.94. The van der Waals surface area contributed by atoms with Crippen molar-refractivity contribution in [1.82, 2.24) is 19.6 Å². The van der Waals surface area contributed by atoms with Gasteiger partial charge in [0.2, 0.25) is 5.88 Å². The van der Waals surface area contributed by atoms with Gasteiger partial charge in [0.1, 0.15) is 12.1 Å². The van der Waals surface area contributed by atoms with E-state index >= 15 is 0 Å². The summed E-state index contributed by atoms with van der Waals surface area (Å²) in [4.78, 5) is 8.46. The molecule has 0 saturated heterocycles. The number of hydrogen-bond donors (Lipinski definition) is 0. The second-order valence-corrected chi connectivity index (χ2v) is 4.85. The minimum absolute atomic E-state index is 0.516. The van der Waals surface area contributed by atoms with Crippen molar-refractivity contribution >= 4 is 17.4 Å². The summed E-state index contributed by atoms with van der Waals surface area (Å²) in [7, 11) is 0. The number of halogens is 1. The molecule has 102 valence electrons. The maximum atomic E-state index is 6.19. The predicted octanol–water partition coefficient (Wildman–Crippen LogP) is 3.44. The molecule has 6 heteroatoms. The molecule has 0 aliphatic heterocycles. The average molecular weight is 289 g/mol. The minimum atomic E-state index is 0.516. The van der Waals surface area contributed by atoms with E-state index in [9.17, 15) is 0 Å². The SMILES string of the molecule is CCc1cc(Oc2ccc(C)cc2Cl)n2ncnc2n1. The molecular formula is C14H13ClN4O. The van der Waals surface area contributed by atoms with Gasteiger partial charge in [-0.05, 0) is 31.0 Å². The van der Waals surface area contributed by atoms with Gasteiger partial charge in [0, 0.05) is 11.8 Å². The normalized spacial score (nSPS) is 10.9. The Morgan fingerprint density at radius 1 is 1.30 bits per heavy atom. The monoisotopic (exact) mass is 288 g/mol. The van der Waals surface area contributed by atoms with Crippen molar-refractivity contribution in [2.75, 3.05) is 0 Å². The molecule has 0 atom stereocenters. The number of nitrogens with zero attached hydrogens (tertiary/aromatic N) is 4. The lowest BCUT2D eigenvalue weighted by Crippen LogP contribution is -2.01. The van der Waals surface area contributed by atoms with E-state index in [-0.39, 0.29) is 0 Å². The van der Waals surface area contributed by atoms with Gasteiger partial charge < -0.3 is 4.74 Å². The van der Waals surface area contributed by atoms with Gasteiger partial charge in [-0.25, -0.2) is 4.98 Å². The van der Waals surface area contributed by atoms with Gasteiger partial charge in [-0.3, -0.25) is 0 Å². The first kappa shape index (κ1) is 12.9. The van der Waals surface area contributed by atoms with Crippen molar-refractivity contribution in [2.45, 2.75) is 20.3 Å². The van der Waals surface area contributed by atoms with Crippen molar-refractivity contribution in [2.24, 2.45) is 0 Å². The molecule has 20 heavy (non-hydrogen) atoms. The smallest absolute Gasteiger partial charge is 0.255 e. The Balaban J connectivity index is 2.07. The lowest BCUT2D eigenvalue weighted by atomic mass is 10.2. The van der Waals surface area contributed by atoms with Gasteiger partial charge in [-0.15, -0.1) is 0 Å². The van der Waals surface area contributed by atoms with Gasteiger partial charge in [0.15, 0.2) is 0 Å². The zero-order valence-electron chi connectivity index (χ0n) is 11.2. The number of ether oxygens (including phenoxy) is 1. The summed E-state index contributed by atoms with van der Waals surface area (Å²) in [6.45, 7) is 4.00. The minimum Gasteiger partial charge on any atom is -0.437 e. The first-order valence-electron chi connectivity index (χ1n) is 6.31. The Kier molecular flexibility index (Phi) is 3.28. The van der Waals surface area contributed by atoms with Crippen LogP contribution in [-0.2, 0) is 6.42 Å². The molecule has 0 aliphatic rings. The van der Waals surface area contributed by atoms with E-state index in [0.717, 1.165) is 17.7 Å². The molecule has 0 radical (unpaired) electrons. The van der Waals surface area contributed by atoms with E-state index in [1.807, 2.05) is 38.1 Å². The van der Waals surface area contributed by atoms with Crippen LogP contribution >= 0.6 is 11.6 Å². The highest BCUT2D eigenvalue weighted by molar-refractivity contribution is 6.32. The Hall–Kier alpha value is -2.14. The fourth-order valence-corrected chi connectivity index (χ4v) is 2.16. The highest BCUT2D eigenvalue weighted by atomic mass is 35.5. The zero-order chi connectivity index (χ0) is 14.1. The molecule has 0 bridgehead atoms. The second-order valence-electron chi connectivity index (χ2n) is 4.45. The van der Waals surface area contributed by atoms with E-state index in [4.69, 9.17) is 16.3 Å². The molecule has 3 rings (SSSR count). The molecule has 0 amide bonds. The average Bonchev–Trinajstić information content (AvgIpc) is 2.90. The van der Waals surface area contributed by atoms with Crippen molar-refractivity contribution in [3.8, 4) is 11.6 Å². The second kappa shape index (κ2) is 5.09. The van der Waals surface area contributed by atoms with Gasteiger partial charge in [0.05, 0.1) is 5.02 Å². The first-order valence-corrected chi connectivity index (χ1v) is 6.69. The summed E-state index contributed by atoms with van der Waals surface area (Å²) in [6, 6.07) is 7.49. The molecule has 0 saturated carbocycles. The number of aryl methyl sites for hydroxylation is 2. The Morgan fingerprint density at radius 3 is 2.90 bits per heavy atom. The molecule has 0 fully saturated rings. The molecule has 1 aromatic carbocycles. The molecule has 0 aliphatic carbocycles. The van der Waals surface area contributed by atoms with E-state index < -0.39 is 0 Å². The number of benzene rings is 1. The van der Waals surface area contributed by atoms with Crippen molar-refractivity contribution in [1.29, 1.82) is 0 Å². The van der Waals surface area contributed by atoms with Crippen LogP contribution < -0.4 is 4.74 Å². The highest BCUT2D eigenvalue weighted by Gasteiger charge is 2.10. The van der Waals surface area contributed by atoms with Crippen LogP contribution in [0.4, 0.5) is 0 Å². The molecule has 3 aromatic rings. The van der Waals surface area contributed by atoms with E-state index in [1.54, 1.807) is 4.52 Å². The topological polar surface area (TPSA) is 52.3 Å². The van der Waals surface area contributed by atoms with Crippen LogP contribution in [0.3, 0.4) is 0 Å². The summed E-state index contributed by atoms with van der Waals surface area (Å²) in [5.74, 6) is 1.65. The molecule has 2 aromatic heterocycles. The van der Waals surface area contributed by atoms with Crippen molar-refractivity contribution in [3.05, 3.63) is 46.9 Å². The summed E-state index contributed by atoms with van der Waals surface area (Å²) < 4.78 is 7.42. The maximum absolute atomic E-state index is 6.19. The standard InChI is InChI=1S/C14H13ClN4O/c1-3-10-7-13(19-14(18-10)16-8-17-19)20-12-5-4-9(2)6-11(12)15/h4-8H,3H2,1-2H3. The van der Waals surface area contributed by atoms with Crippen molar-refractivity contribution in [3.63, 3.8) is 0 Å². The summed E-state index contributed by atoms with van der Waals surface area (Å²) >= 11 is 6.19. The molecule has 0 unspecified atom stereocenters. The first-order chi connectivity index (χ1) is 9.67. The molecule has 2 heterocycles. The van der Waals surface area contributed by atoms with E-state index in [1.165, 1.54) is 6.33 Å². The number of hydrogen-bond acceptors (Lipinski definition) is 4. The third kappa shape index (κ3) is 2.32. The Labute approximate surface area is 121 Å². The molecule has 5 nitrogen and oxygen atoms in total. The van der Waals surface area contributed by atoms with Gasteiger partial charge >= 0.3 is 0 Å². The van der Waals surface area contributed by atoms with E-state index in [0.29, 0.717) is 22.4 Å². The van der Waals surface area contributed by atoms with Gasteiger partial charge in [-0.2, -0.15) is 14.6 Å². The zero-order valence-corrected chi connectivity index (χ0v) is 11.9. The van der Waals surface area contributed by atoms with Crippen LogP contribution in [0.25, 0.3) is 5.78 Å². The Bertz CT molecular complexity index is 769. The molecule has 0 spiro atoms. The fourth-order valence-electron chi connectivity index (χ4n) is 1.89. The lowest BCUT2D eigenvalue weighted by molar-refractivity contribution is 0.445. The summed E-state index contributed by atoms with van der Waals surface area (Å²) in [5, 5.41) is 4.68. The Morgan fingerprint density at radius 2 is 2.15 bits per heavy atom. The van der Waals surface area contributed by atoms with Crippen LogP contribution in [0.5, 0.6) is 11.6 Å². The number of rotatable bonds is 3. The van der Waals surface area contributed by atoms with Crippen LogP contribution in [0.1, 0.15) is 18.2 Å². The lowest BCUT2D eigenvalue weighted by Gasteiger charge is -2.10. The predicted molar refractivity (Wildman–Crippen MR) is 76.4 cm³/mol. The van der Waals surface area contributed by atoms with Crippen LogP contribution in [0, 0.1) is 6.92 Å². The van der Waals surface area contributed by atoms with Gasteiger partial charge in [0.25, 0.3) is 5.78 Å². The number of fused-ring (bicyclic) bond motifs is 1. The number of aromatic nitrogens is 4. The van der Waals surface area contributed by atoms with Crippen LogP contribution in [0.2, 0.25) is 5.02 Å². The summed E-state index contributed by atoms with van der Waals surface area (Å²) in [6.07, 6.45) is 2.24. The largest absolute Gasteiger partial charge is 0.437 e. The van der Waals surface area contributed by atoms with Crippen molar-refractivity contribution < 1.29 is 4.74 Å². The quantitative estimate of drug-likeness (QED) is 0.741. The summed E-state index contributed by atoms with van der Waals surface area (Å²) in [5.41, 5.74) is 1.97. The highest BCUT2D eigenvalue weighted by Crippen LogP contribution is 2.30. The van der Waals surface area contributed by atoms with E-state index in [2.05, 4.69) is 15.1 Å². The maximum Gasteiger partial charge on any atom is 0.255 e. The molecule has 0 N–H and O–H groups in total.